The largest absolute Gasteiger partial charge is 0.479 e. The van der Waals surface area contributed by atoms with Crippen molar-refractivity contribution in [3.8, 4) is 0 Å². The van der Waals surface area contributed by atoms with Gasteiger partial charge in [0, 0.05) is 18.8 Å². The van der Waals surface area contributed by atoms with Gasteiger partial charge in [0.15, 0.2) is 6.10 Å². The highest BCUT2D eigenvalue weighted by Crippen LogP contribution is 2.31. The molecule has 0 saturated carbocycles. The summed E-state index contributed by atoms with van der Waals surface area (Å²) >= 11 is 0. The molecule has 4 nitrogen and oxygen atoms in total. The van der Waals surface area contributed by atoms with Crippen molar-refractivity contribution in [2.24, 2.45) is 5.92 Å². The molecule has 20 heavy (non-hydrogen) atoms. The van der Waals surface area contributed by atoms with Crippen LogP contribution in [0.3, 0.4) is 0 Å². The van der Waals surface area contributed by atoms with Crippen LogP contribution in [0.15, 0.2) is 24.3 Å². The first kappa shape index (κ1) is 13.4. The summed E-state index contributed by atoms with van der Waals surface area (Å²) in [4.78, 5) is 13.3. The van der Waals surface area contributed by atoms with E-state index in [0.717, 1.165) is 25.9 Å². The van der Waals surface area contributed by atoms with Gasteiger partial charge in [-0.2, -0.15) is 0 Å². The number of nitrogens with zero attached hydrogens (tertiary/aromatic N) is 1. The highest BCUT2D eigenvalue weighted by atomic mass is 16.5. The minimum Gasteiger partial charge on any atom is -0.479 e. The summed E-state index contributed by atoms with van der Waals surface area (Å²) in [6, 6.07) is 8.50. The Kier molecular flexibility index (Phi) is 3.66. The summed E-state index contributed by atoms with van der Waals surface area (Å²) in [5.41, 5.74) is 2.67. The number of rotatable bonds is 3. The summed E-state index contributed by atoms with van der Waals surface area (Å²) in [6.45, 7) is 4.08. The molecular weight excluding hydrogens is 254 g/mol. The molecule has 1 N–H and O–H groups in total. The molecule has 0 bridgehead atoms. The van der Waals surface area contributed by atoms with Gasteiger partial charge in [0.25, 0.3) is 0 Å². The third-order valence-corrected chi connectivity index (χ3v) is 4.24. The zero-order valence-corrected chi connectivity index (χ0v) is 11.8. The number of benzene rings is 1. The molecule has 1 aromatic rings. The predicted molar refractivity (Wildman–Crippen MR) is 77.1 cm³/mol. The molecule has 108 valence electrons. The first-order valence-electron chi connectivity index (χ1n) is 7.34. The van der Waals surface area contributed by atoms with Gasteiger partial charge in [-0.05, 0) is 36.8 Å². The van der Waals surface area contributed by atoms with Gasteiger partial charge in [-0.1, -0.05) is 25.1 Å². The lowest BCUT2D eigenvalue weighted by Crippen LogP contribution is -2.39. The van der Waals surface area contributed by atoms with Crippen LogP contribution in [0.2, 0.25) is 0 Å². The number of para-hydroxylation sites is 1. The second kappa shape index (κ2) is 5.44. The Hall–Kier alpha value is -1.55. The van der Waals surface area contributed by atoms with Crippen molar-refractivity contribution >= 4 is 11.7 Å². The molecular formula is C16H21NO3. The van der Waals surface area contributed by atoms with Crippen LogP contribution in [0.25, 0.3) is 0 Å². The number of ether oxygens (including phenoxy) is 1. The number of aliphatic carboxylic acids is 1. The van der Waals surface area contributed by atoms with Gasteiger partial charge in [-0.15, -0.1) is 0 Å². The molecule has 3 rings (SSSR count). The molecule has 4 heteroatoms. The highest BCUT2D eigenvalue weighted by molar-refractivity contribution is 5.72. The zero-order valence-electron chi connectivity index (χ0n) is 11.8. The lowest BCUT2D eigenvalue weighted by Gasteiger charge is -2.36. The first-order valence-corrected chi connectivity index (χ1v) is 7.34. The first-order chi connectivity index (χ1) is 9.63. The van der Waals surface area contributed by atoms with Crippen molar-refractivity contribution in [1.82, 2.24) is 0 Å². The van der Waals surface area contributed by atoms with Gasteiger partial charge < -0.3 is 14.7 Å². The molecule has 0 spiro atoms. The van der Waals surface area contributed by atoms with Crippen molar-refractivity contribution in [2.45, 2.75) is 38.4 Å². The van der Waals surface area contributed by atoms with Crippen LogP contribution in [0, 0.1) is 5.92 Å². The maximum absolute atomic E-state index is 11.0. The lowest BCUT2D eigenvalue weighted by molar-refractivity contribution is -0.149. The van der Waals surface area contributed by atoms with E-state index in [-0.39, 0.29) is 6.10 Å². The summed E-state index contributed by atoms with van der Waals surface area (Å²) in [6.07, 6.45) is 2.01. The van der Waals surface area contributed by atoms with Crippen LogP contribution < -0.4 is 4.90 Å². The Morgan fingerprint density at radius 1 is 1.40 bits per heavy atom. The lowest BCUT2D eigenvalue weighted by atomic mass is 9.93. The summed E-state index contributed by atoms with van der Waals surface area (Å²) in [5, 5.41) is 9.00. The van der Waals surface area contributed by atoms with E-state index in [0.29, 0.717) is 12.3 Å². The number of carboxylic acids is 1. The molecule has 3 atom stereocenters. The van der Waals surface area contributed by atoms with Gasteiger partial charge >= 0.3 is 5.97 Å². The number of fused-ring (bicyclic) bond motifs is 1. The number of hydrogen-bond donors (Lipinski definition) is 1. The van der Waals surface area contributed by atoms with Crippen molar-refractivity contribution < 1.29 is 14.6 Å². The Morgan fingerprint density at radius 2 is 2.20 bits per heavy atom. The summed E-state index contributed by atoms with van der Waals surface area (Å²) in [5.74, 6) is -0.207. The average molecular weight is 275 g/mol. The van der Waals surface area contributed by atoms with Crippen molar-refractivity contribution in [1.29, 1.82) is 0 Å². The molecule has 2 heterocycles. The van der Waals surface area contributed by atoms with Crippen molar-refractivity contribution in [2.75, 3.05) is 18.0 Å². The molecule has 2 aliphatic heterocycles. The monoisotopic (exact) mass is 275 g/mol. The zero-order chi connectivity index (χ0) is 14.1. The fraction of sp³-hybridized carbons (Fsp3) is 0.562. The third kappa shape index (κ3) is 2.66. The Morgan fingerprint density at radius 3 is 2.95 bits per heavy atom. The molecule has 3 unspecified atom stereocenters. The van der Waals surface area contributed by atoms with Gasteiger partial charge in [0.2, 0.25) is 0 Å². The fourth-order valence-corrected chi connectivity index (χ4v) is 3.35. The molecule has 0 aliphatic carbocycles. The van der Waals surface area contributed by atoms with Crippen molar-refractivity contribution in [3.63, 3.8) is 0 Å². The second-order valence-electron chi connectivity index (χ2n) is 6.01. The van der Waals surface area contributed by atoms with E-state index < -0.39 is 12.1 Å². The van der Waals surface area contributed by atoms with E-state index >= 15 is 0 Å². The Balaban J connectivity index is 1.71. The molecule has 1 fully saturated rings. The number of hydrogen-bond acceptors (Lipinski definition) is 3. The molecule has 1 saturated heterocycles. The van der Waals surface area contributed by atoms with E-state index in [1.165, 1.54) is 11.3 Å². The summed E-state index contributed by atoms with van der Waals surface area (Å²) < 4.78 is 5.63. The maximum atomic E-state index is 11.0. The quantitative estimate of drug-likeness (QED) is 0.919. The van der Waals surface area contributed by atoms with Crippen molar-refractivity contribution in [3.05, 3.63) is 29.8 Å². The van der Waals surface area contributed by atoms with E-state index in [2.05, 4.69) is 36.1 Å². The van der Waals surface area contributed by atoms with Crippen LogP contribution in [0.4, 0.5) is 5.69 Å². The van der Waals surface area contributed by atoms with Gasteiger partial charge in [0.1, 0.15) is 0 Å². The van der Waals surface area contributed by atoms with Crippen LogP contribution in [0.5, 0.6) is 0 Å². The topological polar surface area (TPSA) is 49.8 Å². The van der Waals surface area contributed by atoms with Crippen LogP contribution in [0.1, 0.15) is 25.3 Å². The fourth-order valence-electron chi connectivity index (χ4n) is 3.35. The Bertz CT molecular complexity index is 502. The van der Waals surface area contributed by atoms with Crippen LogP contribution >= 0.6 is 0 Å². The number of carbonyl (C=O) groups is 1. The molecule has 0 radical (unpaired) electrons. The second-order valence-corrected chi connectivity index (χ2v) is 6.01. The van der Waals surface area contributed by atoms with Gasteiger partial charge in [-0.25, -0.2) is 4.79 Å². The molecule has 2 aliphatic rings. The number of anilines is 1. The van der Waals surface area contributed by atoms with Crippen LogP contribution in [-0.2, 0) is 16.0 Å². The van der Waals surface area contributed by atoms with E-state index in [1.54, 1.807) is 0 Å². The smallest absolute Gasteiger partial charge is 0.332 e. The minimum atomic E-state index is -0.833. The standard InChI is InChI=1S/C16H21NO3/c1-11-8-12-4-2-3-5-14(12)17(9-11)10-13-6-7-15(20-13)16(18)19/h2-5,11,13,15H,6-10H2,1H3,(H,18,19). The predicted octanol–water partition coefficient (Wildman–Crippen LogP) is 2.32. The SMILES string of the molecule is CC1Cc2ccccc2N(CC2CCC(C(=O)O)O2)C1. The normalized spacial score (nSPS) is 29.2. The van der Waals surface area contributed by atoms with Crippen LogP contribution in [-0.4, -0.2) is 36.4 Å². The highest BCUT2D eigenvalue weighted by Gasteiger charge is 2.32. The maximum Gasteiger partial charge on any atom is 0.332 e. The molecule has 1 aromatic carbocycles. The number of carboxylic acid groups (broad SMARTS) is 1. The average Bonchev–Trinajstić information content (AvgIpc) is 2.87. The van der Waals surface area contributed by atoms with Gasteiger partial charge in [0.05, 0.1) is 6.10 Å². The molecule has 0 aromatic heterocycles. The summed E-state index contributed by atoms with van der Waals surface area (Å²) in [7, 11) is 0. The minimum absolute atomic E-state index is 0.0365. The van der Waals surface area contributed by atoms with Gasteiger partial charge in [-0.3, -0.25) is 0 Å². The van der Waals surface area contributed by atoms with E-state index in [1.807, 2.05) is 0 Å². The third-order valence-electron chi connectivity index (χ3n) is 4.24. The Labute approximate surface area is 119 Å². The molecule has 0 amide bonds. The van der Waals surface area contributed by atoms with E-state index in [4.69, 9.17) is 9.84 Å². The van der Waals surface area contributed by atoms with E-state index in [9.17, 15) is 4.79 Å².